The maximum absolute atomic E-state index is 12.3. The van der Waals surface area contributed by atoms with E-state index in [-0.39, 0.29) is 34.1 Å². The standard InChI is InChI=1S/C18H18Cl6N6O6/c19-1-7(31)25-13-14(26-8(32)2-20)16(28-10(34)4-22)18(30-12(36)6-24)17(29-11(35)5-23)15(13)27-9(33)3-21/h1-6H2,(H,25,31)(H,26,32)(H,27,33)(H,28,34)(H,29,35)(H,30,36). The van der Waals surface area contributed by atoms with Crippen molar-refractivity contribution in [3.05, 3.63) is 0 Å². The fourth-order valence-corrected chi connectivity index (χ4v) is 2.94. The quantitative estimate of drug-likeness (QED) is 0.195. The Morgan fingerprint density at radius 3 is 0.528 bits per heavy atom. The minimum Gasteiger partial charge on any atom is -0.321 e. The highest BCUT2D eigenvalue weighted by Crippen LogP contribution is 2.50. The van der Waals surface area contributed by atoms with E-state index < -0.39 is 70.7 Å². The average molecular weight is 627 g/mol. The predicted octanol–water partition coefficient (Wildman–Crippen LogP) is 2.75. The van der Waals surface area contributed by atoms with Crippen molar-refractivity contribution in [3.8, 4) is 0 Å². The highest BCUT2D eigenvalue weighted by atomic mass is 35.5. The monoisotopic (exact) mass is 624 g/mol. The van der Waals surface area contributed by atoms with Gasteiger partial charge in [-0.2, -0.15) is 0 Å². The van der Waals surface area contributed by atoms with Crippen molar-refractivity contribution >= 4 is 139 Å². The topological polar surface area (TPSA) is 175 Å². The van der Waals surface area contributed by atoms with Gasteiger partial charge in [0.15, 0.2) is 0 Å². The number of carbonyl (C=O) groups excluding carboxylic acids is 6. The van der Waals surface area contributed by atoms with Crippen LogP contribution in [0.4, 0.5) is 34.1 Å². The smallest absolute Gasteiger partial charge is 0.239 e. The van der Waals surface area contributed by atoms with Crippen LogP contribution in [0.15, 0.2) is 0 Å². The maximum Gasteiger partial charge on any atom is 0.239 e. The molecule has 0 aromatic heterocycles. The molecule has 0 radical (unpaired) electrons. The molecule has 0 atom stereocenters. The molecule has 0 spiro atoms. The van der Waals surface area contributed by atoms with Crippen LogP contribution in [0.5, 0.6) is 0 Å². The van der Waals surface area contributed by atoms with Crippen molar-refractivity contribution in [1.29, 1.82) is 0 Å². The number of hydrogen-bond donors (Lipinski definition) is 6. The Bertz CT molecular complexity index is 827. The molecule has 1 rings (SSSR count). The summed E-state index contributed by atoms with van der Waals surface area (Å²) in [5.74, 6) is -8.47. The molecule has 6 N–H and O–H groups in total. The lowest BCUT2D eigenvalue weighted by Crippen LogP contribution is -2.27. The third kappa shape index (κ3) is 9.02. The normalized spacial score (nSPS) is 10.2. The molecule has 198 valence electrons. The Labute approximate surface area is 234 Å². The van der Waals surface area contributed by atoms with Gasteiger partial charge in [0, 0.05) is 0 Å². The summed E-state index contributed by atoms with van der Waals surface area (Å²) in [6.45, 7) is 0. The summed E-state index contributed by atoms with van der Waals surface area (Å²) in [7, 11) is 0. The van der Waals surface area contributed by atoms with E-state index in [9.17, 15) is 28.8 Å². The molecule has 1 aromatic carbocycles. The first-order chi connectivity index (χ1) is 17.1. The molecule has 0 aliphatic heterocycles. The Morgan fingerprint density at radius 1 is 0.333 bits per heavy atom. The summed E-state index contributed by atoms with van der Waals surface area (Å²) >= 11 is 33.7. The van der Waals surface area contributed by atoms with E-state index in [2.05, 4.69) is 31.9 Å². The molecule has 12 nitrogen and oxygen atoms in total. The largest absolute Gasteiger partial charge is 0.321 e. The number of alkyl halides is 6. The molecular weight excluding hydrogens is 609 g/mol. The van der Waals surface area contributed by atoms with Gasteiger partial charge in [0.1, 0.15) is 35.3 Å². The summed E-state index contributed by atoms with van der Waals surface area (Å²) < 4.78 is 0. The van der Waals surface area contributed by atoms with Gasteiger partial charge in [-0.25, -0.2) is 0 Å². The van der Waals surface area contributed by atoms with Crippen molar-refractivity contribution in [3.63, 3.8) is 0 Å². The summed E-state index contributed by atoms with van der Waals surface area (Å²) in [6, 6.07) is 0. The Balaban J connectivity index is 4.30. The van der Waals surface area contributed by atoms with Crippen molar-refractivity contribution in [2.75, 3.05) is 67.2 Å². The number of amides is 6. The molecule has 0 aliphatic rings. The number of nitrogens with one attached hydrogen (secondary N) is 6. The zero-order valence-corrected chi connectivity index (χ0v) is 22.5. The predicted molar refractivity (Wildman–Crippen MR) is 143 cm³/mol. The molecule has 0 saturated carbocycles. The average Bonchev–Trinajstić information content (AvgIpc) is 2.88. The first-order valence-corrected chi connectivity index (χ1v) is 12.7. The van der Waals surface area contributed by atoms with E-state index in [0.717, 1.165) is 0 Å². The molecule has 0 aliphatic carbocycles. The molecule has 1 aromatic rings. The number of anilines is 6. The van der Waals surface area contributed by atoms with Gasteiger partial charge in [0.2, 0.25) is 35.4 Å². The van der Waals surface area contributed by atoms with E-state index in [4.69, 9.17) is 69.6 Å². The number of rotatable bonds is 12. The fourth-order valence-electron chi connectivity index (χ4n) is 2.54. The van der Waals surface area contributed by atoms with Gasteiger partial charge in [-0.1, -0.05) is 0 Å². The van der Waals surface area contributed by atoms with Gasteiger partial charge in [0.05, 0.1) is 34.1 Å². The van der Waals surface area contributed by atoms with Crippen molar-refractivity contribution in [2.24, 2.45) is 0 Å². The minimum absolute atomic E-state index is 0.365. The van der Waals surface area contributed by atoms with Gasteiger partial charge in [-0.05, 0) is 0 Å². The third-order valence-corrected chi connectivity index (χ3v) is 5.27. The maximum atomic E-state index is 12.3. The fraction of sp³-hybridized carbons (Fsp3) is 0.333. The zero-order valence-electron chi connectivity index (χ0n) is 18.0. The van der Waals surface area contributed by atoms with Crippen LogP contribution >= 0.6 is 69.6 Å². The molecule has 36 heavy (non-hydrogen) atoms. The van der Waals surface area contributed by atoms with E-state index in [1.54, 1.807) is 0 Å². The van der Waals surface area contributed by atoms with Gasteiger partial charge in [0.25, 0.3) is 0 Å². The van der Waals surface area contributed by atoms with Gasteiger partial charge < -0.3 is 31.9 Å². The Hall–Kier alpha value is -2.22. The number of hydrogen-bond acceptors (Lipinski definition) is 6. The SMILES string of the molecule is O=C(CCl)Nc1c(NC(=O)CCl)c(NC(=O)CCl)c(NC(=O)CCl)c(NC(=O)CCl)c1NC(=O)CCl. The summed E-state index contributed by atoms with van der Waals surface area (Å²) in [5, 5.41) is 14.1. The first kappa shape index (κ1) is 31.8. The van der Waals surface area contributed by atoms with Gasteiger partial charge in [-0.3, -0.25) is 28.8 Å². The summed E-state index contributed by atoms with van der Waals surface area (Å²) in [4.78, 5) is 73.6. The van der Waals surface area contributed by atoms with E-state index in [1.807, 2.05) is 0 Å². The second-order valence-corrected chi connectivity index (χ2v) is 7.94. The number of carbonyl (C=O) groups is 6. The second kappa shape index (κ2) is 15.8. The molecule has 0 fully saturated rings. The van der Waals surface area contributed by atoms with Crippen LogP contribution in [0.25, 0.3) is 0 Å². The molecule has 0 bridgehead atoms. The van der Waals surface area contributed by atoms with Crippen LogP contribution in [0, 0.1) is 0 Å². The van der Waals surface area contributed by atoms with Crippen LogP contribution < -0.4 is 31.9 Å². The zero-order chi connectivity index (χ0) is 27.4. The summed E-state index contributed by atoms with van der Waals surface area (Å²) in [6.07, 6.45) is 0. The molecule has 18 heteroatoms. The van der Waals surface area contributed by atoms with Crippen molar-refractivity contribution in [1.82, 2.24) is 0 Å². The third-order valence-electron chi connectivity index (χ3n) is 3.81. The van der Waals surface area contributed by atoms with Crippen LogP contribution in [0.2, 0.25) is 0 Å². The highest BCUT2D eigenvalue weighted by molar-refractivity contribution is 6.36. The highest BCUT2D eigenvalue weighted by Gasteiger charge is 2.30. The van der Waals surface area contributed by atoms with Crippen LogP contribution in [0.1, 0.15) is 0 Å². The molecule has 0 heterocycles. The van der Waals surface area contributed by atoms with Crippen molar-refractivity contribution in [2.45, 2.75) is 0 Å². The minimum atomic E-state index is -0.832. The van der Waals surface area contributed by atoms with Gasteiger partial charge >= 0.3 is 0 Å². The number of benzene rings is 1. The number of halogens is 6. The van der Waals surface area contributed by atoms with E-state index in [1.165, 1.54) is 0 Å². The lowest BCUT2D eigenvalue weighted by molar-refractivity contribution is -0.115. The van der Waals surface area contributed by atoms with Crippen LogP contribution in [-0.2, 0) is 28.8 Å². The lowest BCUT2D eigenvalue weighted by atomic mass is 10.1. The lowest BCUT2D eigenvalue weighted by Gasteiger charge is -2.27. The second-order valence-electron chi connectivity index (χ2n) is 6.34. The summed E-state index contributed by atoms with van der Waals surface area (Å²) in [5.41, 5.74) is -2.19. The van der Waals surface area contributed by atoms with Crippen LogP contribution in [0.3, 0.4) is 0 Å². The Morgan fingerprint density at radius 2 is 0.444 bits per heavy atom. The molecule has 6 amide bonds. The first-order valence-electron chi connectivity index (χ1n) is 9.45. The van der Waals surface area contributed by atoms with Crippen LogP contribution in [-0.4, -0.2) is 70.7 Å². The molecular formula is C18H18Cl6N6O6. The Kier molecular flexibility index (Phi) is 14.0. The van der Waals surface area contributed by atoms with Gasteiger partial charge in [-0.15, -0.1) is 69.6 Å². The van der Waals surface area contributed by atoms with E-state index in [0.29, 0.717) is 0 Å². The van der Waals surface area contributed by atoms with Crippen molar-refractivity contribution < 1.29 is 28.8 Å². The molecule has 0 unspecified atom stereocenters. The molecule has 0 saturated heterocycles. The van der Waals surface area contributed by atoms with E-state index >= 15 is 0 Å².